The molecule has 5 rings (SSSR count). The molecule has 174 valence electrons. The normalized spacial score (nSPS) is 11.5. The Bertz CT molecular complexity index is 1670. The Kier molecular flexibility index (Phi) is 5.66. The maximum Gasteiger partial charge on any atom is 0.269 e. The molecule has 35 heavy (non-hydrogen) atoms. The van der Waals surface area contributed by atoms with Gasteiger partial charge >= 0.3 is 0 Å². The highest BCUT2D eigenvalue weighted by Gasteiger charge is 2.24. The molecule has 7 nitrogen and oxygen atoms in total. The van der Waals surface area contributed by atoms with E-state index in [9.17, 15) is 13.2 Å². The fraction of sp³-hybridized carbons (Fsp3) is 0.0741. The average molecular weight is 484 g/mol. The lowest BCUT2D eigenvalue weighted by atomic mass is 10.0. The summed E-state index contributed by atoms with van der Waals surface area (Å²) < 4.78 is 34.0. The van der Waals surface area contributed by atoms with Crippen molar-refractivity contribution in [2.45, 2.75) is 11.8 Å². The first kappa shape index (κ1) is 22.5. The lowest BCUT2D eigenvalue weighted by Gasteiger charge is -2.08. The number of carbonyl (C=O) groups is 1. The van der Waals surface area contributed by atoms with Gasteiger partial charge in [-0.1, -0.05) is 35.9 Å². The lowest BCUT2D eigenvalue weighted by molar-refractivity contribution is 0.112. The number of aldehydes is 1. The maximum absolute atomic E-state index is 13.6. The van der Waals surface area contributed by atoms with E-state index in [0.29, 0.717) is 33.4 Å². The summed E-state index contributed by atoms with van der Waals surface area (Å²) >= 11 is 0. The van der Waals surface area contributed by atoms with Gasteiger partial charge in [0.2, 0.25) is 0 Å². The van der Waals surface area contributed by atoms with E-state index >= 15 is 0 Å². The smallest absolute Gasteiger partial charge is 0.269 e. The molecule has 3 heterocycles. The Morgan fingerprint density at radius 3 is 2.40 bits per heavy atom. The Labute approximate surface area is 202 Å². The van der Waals surface area contributed by atoms with Crippen LogP contribution in [0.5, 0.6) is 5.75 Å². The van der Waals surface area contributed by atoms with Gasteiger partial charge in [-0.3, -0.25) is 9.78 Å². The highest BCUT2D eigenvalue weighted by Crippen LogP contribution is 2.38. The summed E-state index contributed by atoms with van der Waals surface area (Å²) in [5.74, 6) is 0.606. The predicted octanol–water partition coefficient (Wildman–Crippen LogP) is 5.13. The molecule has 0 unspecified atom stereocenters. The molecule has 0 aliphatic heterocycles. The summed E-state index contributed by atoms with van der Waals surface area (Å²) in [4.78, 5) is 20.1. The number of hydrogen-bond donors (Lipinski definition) is 0. The third-order valence-corrected chi connectivity index (χ3v) is 7.48. The van der Waals surface area contributed by atoms with E-state index in [-0.39, 0.29) is 10.5 Å². The molecule has 0 N–H and O–H groups in total. The zero-order chi connectivity index (χ0) is 24.6. The first-order chi connectivity index (χ1) is 16.9. The van der Waals surface area contributed by atoms with E-state index < -0.39 is 10.0 Å². The third-order valence-electron chi connectivity index (χ3n) is 5.82. The van der Waals surface area contributed by atoms with Crippen LogP contribution in [-0.2, 0) is 10.0 Å². The maximum atomic E-state index is 13.6. The van der Waals surface area contributed by atoms with Gasteiger partial charge in [0.05, 0.1) is 12.0 Å². The average Bonchev–Trinajstić information content (AvgIpc) is 3.28. The van der Waals surface area contributed by atoms with Crippen LogP contribution in [0.25, 0.3) is 33.3 Å². The lowest BCUT2D eigenvalue weighted by Crippen LogP contribution is -2.12. The summed E-state index contributed by atoms with van der Waals surface area (Å²) in [6, 6.07) is 17.7. The standard InChI is InChI=1S/C27H21N3O4S/c1-18-7-9-22(10-8-18)35(32,33)30-16-25(23-5-3-4-6-26(23)34-2)24-12-21(15-29-27(24)30)20-11-19(17-31)13-28-14-20/h3-17H,1-2H3. The van der Waals surface area contributed by atoms with E-state index in [4.69, 9.17) is 4.74 Å². The summed E-state index contributed by atoms with van der Waals surface area (Å²) in [5, 5.41) is 0.624. The van der Waals surface area contributed by atoms with Crippen LogP contribution in [0.4, 0.5) is 0 Å². The highest BCUT2D eigenvalue weighted by molar-refractivity contribution is 7.90. The molecule has 0 saturated heterocycles. The molecule has 0 aliphatic rings. The van der Waals surface area contributed by atoms with Crippen LogP contribution in [0.15, 0.2) is 90.3 Å². The van der Waals surface area contributed by atoms with Gasteiger partial charge in [-0.25, -0.2) is 17.4 Å². The minimum atomic E-state index is -3.92. The first-order valence-corrected chi connectivity index (χ1v) is 12.2. The Balaban J connectivity index is 1.79. The molecule has 2 aromatic carbocycles. The first-order valence-electron chi connectivity index (χ1n) is 10.8. The number of ether oxygens (including phenoxy) is 1. The minimum Gasteiger partial charge on any atom is -0.496 e. The van der Waals surface area contributed by atoms with Crippen molar-refractivity contribution in [3.05, 3.63) is 96.6 Å². The summed E-state index contributed by atoms with van der Waals surface area (Å²) in [7, 11) is -2.35. The summed E-state index contributed by atoms with van der Waals surface area (Å²) in [5.41, 5.74) is 4.48. The van der Waals surface area contributed by atoms with Gasteiger partial charge in [-0.05, 0) is 37.3 Å². The van der Waals surface area contributed by atoms with Gasteiger partial charge in [0, 0.05) is 58.0 Å². The monoisotopic (exact) mass is 483 g/mol. The second-order valence-corrected chi connectivity index (χ2v) is 9.89. The van der Waals surface area contributed by atoms with Gasteiger partial charge in [0.1, 0.15) is 5.75 Å². The topological polar surface area (TPSA) is 91.2 Å². The van der Waals surface area contributed by atoms with Crippen molar-refractivity contribution in [1.29, 1.82) is 0 Å². The molecule has 0 atom stereocenters. The van der Waals surface area contributed by atoms with Crippen molar-refractivity contribution in [2.75, 3.05) is 7.11 Å². The van der Waals surface area contributed by atoms with Gasteiger partial charge in [-0.15, -0.1) is 0 Å². The number of fused-ring (bicyclic) bond motifs is 1. The molecule has 5 aromatic rings. The van der Waals surface area contributed by atoms with Crippen LogP contribution in [0, 0.1) is 6.92 Å². The molecule has 0 amide bonds. The number of aromatic nitrogens is 3. The largest absolute Gasteiger partial charge is 0.496 e. The van der Waals surface area contributed by atoms with Crippen molar-refractivity contribution >= 4 is 27.3 Å². The zero-order valence-electron chi connectivity index (χ0n) is 19.0. The molecular formula is C27H21N3O4S. The van der Waals surface area contributed by atoms with Crippen LogP contribution in [0.1, 0.15) is 15.9 Å². The van der Waals surface area contributed by atoms with Crippen LogP contribution >= 0.6 is 0 Å². The number of carbonyl (C=O) groups excluding carboxylic acids is 1. The molecule has 3 aromatic heterocycles. The summed E-state index contributed by atoms with van der Waals surface area (Å²) in [6.45, 7) is 1.90. The van der Waals surface area contributed by atoms with Gasteiger partial charge in [0.15, 0.2) is 11.9 Å². The number of methoxy groups -OCH3 is 1. The number of nitrogens with zero attached hydrogens (tertiary/aromatic N) is 3. The van der Waals surface area contributed by atoms with Crippen molar-refractivity contribution < 1.29 is 17.9 Å². The van der Waals surface area contributed by atoms with E-state index in [2.05, 4.69) is 9.97 Å². The number of pyridine rings is 2. The Morgan fingerprint density at radius 1 is 0.914 bits per heavy atom. The Hall–Kier alpha value is -4.30. The number of rotatable bonds is 6. The van der Waals surface area contributed by atoms with E-state index in [1.54, 1.807) is 56.0 Å². The Morgan fingerprint density at radius 2 is 1.66 bits per heavy atom. The van der Waals surface area contributed by atoms with Crippen LogP contribution in [-0.4, -0.2) is 35.8 Å². The fourth-order valence-electron chi connectivity index (χ4n) is 4.01. The van der Waals surface area contributed by atoms with Gasteiger partial charge in [0.25, 0.3) is 10.0 Å². The van der Waals surface area contributed by atoms with Crippen LogP contribution in [0.2, 0.25) is 0 Å². The van der Waals surface area contributed by atoms with Crippen molar-refractivity contribution in [3.63, 3.8) is 0 Å². The number of para-hydroxylation sites is 1. The van der Waals surface area contributed by atoms with Crippen LogP contribution in [0.3, 0.4) is 0 Å². The molecule has 0 bridgehead atoms. The zero-order valence-corrected chi connectivity index (χ0v) is 19.9. The minimum absolute atomic E-state index is 0.167. The fourth-order valence-corrected chi connectivity index (χ4v) is 5.33. The molecule has 0 aliphatic carbocycles. The highest BCUT2D eigenvalue weighted by atomic mass is 32.2. The van der Waals surface area contributed by atoms with Crippen molar-refractivity contribution in [2.24, 2.45) is 0 Å². The van der Waals surface area contributed by atoms with E-state index in [0.717, 1.165) is 17.4 Å². The second kappa shape index (κ2) is 8.81. The number of hydrogen-bond acceptors (Lipinski definition) is 6. The molecule has 0 saturated carbocycles. The van der Waals surface area contributed by atoms with Crippen LogP contribution < -0.4 is 4.74 Å². The quantitative estimate of drug-likeness (QED) is 0.311. The SMILES string of the molecule is COc1ccccc1-c1cn(S(=O)(=O)c2ccc(C)cc2)c2ncc(-c3cncc(C=O)c3)cc12. The predicted molar refractivity (Wildman–Crippen MR) is 134 cm³/mol. The van der Waals surface area contributed by atoms with Crippen molar-refractivity contribution in [3.8, 4) is 28.0 Å². The number of aryl methyl sites for hydroxylation is 1. The van der Waals surface area contributed by atoms with Gasteiger partial charge < -0.3 is 4.74 Å². The molecule has 0 fully saturated rings. The third kappa shape index (κ3) is 3.98. The van der Waals surface area contributed by atoms with E-state index in [1.807, 2.05) is 37.3 Å². The molecule has 0 spiro atoms. The second-order valence-electron chi connectivity index (χ2n) is 8.08. The molecule has 8 heteroatoms. The van der Waals surface area contributed by atoms with Gasteiger partial charge in [-0.2, -0.15) is 0 Å². The molecule has 0 radical (unpaired) electrons. The number of benzene rings is 2. The summed E-state index contributed by atoms with van der Waals surface area (Å²) in [6.07, 6.45) is 7.01. The van der Waals surface area contributed by atoms with E-state index in [1.165, 1.54) is 10.2 Å². The molecular weight excluding hydrogens is 462 g/mol. The van der Waals surface area contributed by atoms with Crippen molar-refractivity contribution in [1.82, 2.24) is 13.9 Å².